The van der Waals surface area contributed by atoms with Gasteiger partial charge in [0.1, 0.15) is 5.92 Å². The number of urea groups is 1. The lowest BCUT2D eigenvalue weighted by atomic mass is 9.99. The Morgan fingerprint density at radius 3 is 2.39 bits per heavy atom. The molecule has 1 saturated heterocycles. The number of nitrogens with one attached hydrogen (secondary N) is 1. The summed E-state index contributed by atoms with van der Waals surface area (Å²) in [5, 5.41) is 2.26. The van der Waals surface area contributed by atoms with E-state index >= 15 is 0 Å². The van der Waals surface area contributed by atoms with Gasteiger partial charge in [-0.1, -0.05) is 39.5 Å². The Labute approximate surface area is 108 Å². The van der Waals surface area contributed by atoms with Crippen LogP contribution >= 0.6 is 0 Å². The number of carbonyl (C=O) groups excluding carboxylic acids is 3. The van der Waals surface area contributed by atoms with Crippen LogP contribution in [0, 0.1) is 5.92 Å². The van der Waals surface area contributed by atoms with Gasteiger partial charge in [-0.25, -0.2) is 4.79 Å². The average Bonchev–Trinajstić information content (AvgIpc) is 2.33. The van der Waals surface area contributed by atoms with Crippen LogP contribution in [0.15, 0.2) is 0 Å². The molecule has 0 radical (unpaired) electrons. The summed E-state index contributed by atoms with van der Waals surface area (Å²) in [5.74, 6) is -1.46. The molecular weight excluding hydrogens is 232 g/mol. The molecular formula is C13H22N2O3. The molecule has 4 amide bonds. The molecule has 0 saturated carbocycles. The van der Waals surface area contributed by atoms with E-state index in [4.69, 9.17) is 0 Å². The van der Waals surface area contributed by atoms with Crippen LogP contribution in [0.5, 0.6) is 0 Å². The molecule has 102 valence electrons. The number of rotatable bonds is 7. The van der Waals surface area contributed by atoms with Gasteiger partial charge in [-0.05, 0) is 12.8 Å². The molecule has 1 aliphatic heterocycles. The number of hydrogen-bond donors (Lipinski definition) is 1. The predicted molar refractivity (Wildman–Crippen MR) is 67.8 cm³/mol. The van der Waals surface area contributed by atoms with Crippen LogP contribution in [0.2, 0.25) is 0 Å². The molecule has 1 aliphatic rings. The van der Waals surface area contributed by atoms with Crippen LogP contribution in [0.1, 0.15) is 52.4 Å². The zero-order valence-electron chi connectivity index (χ0n) is 11.2. The summed E-state index contributed by atoms with van der Waals surface area (Å²) in [6.07, 6.45) is 5.27. The topological polar surface area (TPSA) is 66.5 Å². The molecule has 1 atom stereocenters. The van der Waals surface area contributed by atoms with Crippen molar-refractivity contribution in [2.45, 2.75) is 52.4 Å². The number of barbiturate groups is 1. The third-order valence-corrected chi connectivity index (χ3v) is 3.17. The monoisotopic (exact) mass is 254 g/mol. The van der Waals surface area contributed by atoms with Gasteiger partial charge in [0, 0.05) is 6.54 Å². The van der Waals surface area contributed by atoms with Crippen molar-refractivity contribution in [1.82, 2.24) is 10.2 Å². The maximum atomic E-state index is 12.0. The van der Waals surface area contributed by atoms with Gasteiger partial charge >= 0.3 is 6.03 Å². The molecule has 0 spiro atoms. The van der Waals surface area contributed by atoms with Crippen LogP contribution in [0.4, 0.5) is 4.79 Å². The van der Waals surface area contributed by atoms with E-state index in [0.29, 0.717) is 13.0 Å². The minimum Gasteiger partial charge on any atom is -0.277 e. The molecule has 18 heavy (non-hydrogen) atoms. The fraction of sp³-hybridized carbons (Fsp3) is 0.769. The Balaban J connectivity index is 2.57. The van der Waals surface area contributed by atoms with Gasteiger partial charge in [0.05, 0.1) is 0 Å². The fourth-order valence-electron chi connectivity index (χ4n) is 2.11. The lowest BCUT2D eigenvalue weighted by molar-refractivity contribution is -0.142. The Morgan fingerprint density at radius 1 is 1.06 bits per heavy atom. The maximum absolute atomic E-state index is 12.0. The summed E-state index contributed by atoms with van der Waals surface area (Å²) >= 11 is 0. The molecule has 0 aliphatic carbocycles. The van der Waals surface area contributed by atoms with E-state index in [1.807, 2.05) is 6.92 Å². The summed E-state index contributed by atoms with van der Waals surface area (Å²) in [4.78, 5) is 36.4. The van der Waals surface area contributed by atoms with Crippen molar-refractivity contribution in [3.8, 4) is 0 Å². The average molecular weight is 254 g/mol. The summed E-state index contributed by atoms with van der Waals surface area (Å²) in [7, 11) is 0. The van der Waals surface area contributed by atoms with Crippen molar-refractivity contribution in [1.29, 1.82) is 0 Å². The molecule has 1 heterocycles. The first-order chi connectivity index (χ1) is 8.61. The second kappa shape index (κ2) is 7.13. The Bertz CT molecular complexity index is 328. The van der Waals surface area contributed by atoms with Crippen molar-refractivity contribution in [2.24, 2.45) is 5.92 Å². The quantitative estimate of drug-likeness (QED) is 0.558. The van der Waals surface area contributed by atoms with Crippen LogP contribution < -0.4 is 5.32 Å². The molecule has 1 N–H and O–H groups in total. The highest BCUT2D eigenvalue weighted by Crippen LogP contribution is 2.16. The van der Waals surface area contributed by atoms with Gasteiger partial charge < -0.3 is 0 Å². The van der Waals surface area contributed by atoms with Gasteiger partial charge in [-0.3, -0.25) is 19.8 Å². The normalized spacial score (nSPS) is 20.2. The van der Waals surface area contributed by atoms with Gasteiger partial charge in [0.15, 0.2) is 0 Å². The summed E-state index contributed by atoms with van der Waals surface area (Å²) < 4.78 is 0. The van der Waals surface area contributed by atoms with E-state index in [-0.39, 0.29) is 5.91 Å². The minimum absolute atomic E-state index is 0.331. The lowest BCUT2D eigenvalue weighted by Crippen LogP contribution is -2.58. The van der Waals surface area contributed by atoms with E-state index in [1.54, 1.807) is 0 Å². The molecule has 0 aromatic rings. The van der Waals surface area contributed by atoms with Crippen molar-refractivity contribution in [3.63, 3.8) is 0 Å². The van der Waals surface area contributed by atoms with Crippen LogP contribution in [0.25, 0.3) is 0 Å². The third kappa shape index (κ3) is 3.55. The van der Waals surface area contributed by atoms with Gasteiger partial charge in [-0.2, -0.15) is 0 Å². The molecule has 1 rings (SSSR count). The SMILES string of the molecule is CCCCCCN1C(=O)NC(=O)C(CCC)C1=O. The van der Waals surface area contributed by atoms with Crippen molar-refractivity contribution in [2.75, 3.05) is 6.54 Å². The van der Waals surface area contributed by atoms with Crippen LogP contribution in [0.3, 0.4) is 0 Å². The Kier molecular flexibility index (Phi) is 5.82. The van der Waals surface area contributed by atoms with E-state index in [0.717, 1.165) is 32.1 Å². The Morgan fingerprint density at radius 2 is 1.78 bits per heavy atom. The highest BCUT2D eigenvalue weighted by Gasteiger charge is 2.39. The first-order valence-electron chi connectivity index (χ1n) is 6.78. The number of imide groups is 2. The molecule has 1 fully saturated rings. The molecule has 0 aromatic carbocycles. The predicted octanol–water partition coefficient (Wildman–Crippen LogP) is 2.06. The largest absolute Gasteiger partial charge is 0.330 e. The molecule has 5 nitrogen and oxygen atoms in total. The van der Waals surface area contributed by atoms with Gasteiger partial charge in [-0.15, -0.1) is 0 Å². The third-order valence-electron chi connectivity index (χ3n) is 3.17. The van der Waals surface area contributed by atoms with Crippen molar-refractivity contribution < 1.29 is 14.4 Å². The number of amides is 4. The zero-order valence-corrected chi connectivity index (χ0v) is 11.2. The van der Waals surface area contributed by atoms with Crippen LogP contribution in [-0.4, -0.2) is 29.3 Å². The summed E-state index contributed by atoms with van der Waals surface area (Å²) in [6, 6.07) is -0.561. The summed E-state index contributed by atoms with van der Waals surface area (Å²) in [5.41, 5.74) is 0. The molecule has 1 unspecified atom stereocenters. The number of hydrogen-bond acceptors (Lipinski definition) is 3. The number of carbonyl (C=O) groups is 3. The minimum atomic E-state index is -0.682. The van der Waals surface area contributed by atoms with Crippen molar-refractivity contribution in [3.05, 3.63) is 0 Å². The molecule has 5 heteroatoms. The van der Waals surface area contributed by atoms with E-state index in [2.05, 4.69) is 12.2 Å². The van der Waals surface area contributed by atoms with Crippen LogP contribution in [-0.2, 0) is 9.59 Å². The van der Waals surface area contributed by atoms with E-state index in [1.165, 1.54) is 4.90 Å². The number of nitrogens with zero attached hydrogens (tertiary/aromatic N) is 1. The maximum Gasteiger partial charge on any atom is 0.330 e. The summed E-state index contributed by atoms with van der Waals surface area (Å²) in [6.45, 7) is 4.44. The first-order valence-corrected chi connectivity index (χ1v) is 6.78. The fourth-order valence-corrected chi connectivity index (χ4v) is 2.11. The molecule has 0 aromatic heterocycles. The zero-order chi connectivity index (χ0) is 13.5. The second-order valence-corrected chi connectivity index (χ2v) is 4.69. The standard InChI is InChI=1S/C13H22N2O3/c1-3-5-6-7-9-15-12(17)10(8-4-2)11(16)14-13(15)18/h10H,3-9H2,1-2H3,(H,14,16,18). The van der Waals surface area contributed by atoms with Gasteiger partial charge in [0.2, 0.25) is 11.8 Å². The molecule has 0 bridgehead atoms. The highest BCUT2D eigenvalue weighted by molar-refractivity contribution is 6.16. The van der Waals surface area contributed by atoms with E-state index < -0.39 is 17.9 Å². The smallest absolute Gasteiger partial charge is 0.277 e. The second-order valence-electron chi connectivity index (χ2n) is 4.69. The Hall–Kier alpha value is -1.39. The van der Waals surface area contributed by atoms with E-state index in [9.17, 15) is 14.4 Å². The number of unbranched alkanes of at least 4 members (excludes halogenated alkanes) is 3. The van der Waals surface area contributed by atoms with Crippen molar-refractivity contribution >= 4 is 17.8 Å². The first kappa shape index (κ1) is 14.7. The highest BCUT2D eigenvalue weighted by atomic mass is 16.2. The van der Waals surface area contributed by atoms with Gasteiger partial charge in [0.25, 0.3) is 0 Å². The lowest BCUT2D eigenvalue weighted by Gasteiger charge is -2.30.